The number of nitrogens with one attached hydrogen (secondary N) is 1. The smallest absolute Gasteiger partial charge is 0.253 e. The molecule has 1 atom stereocenters. The molecule has 124 valence electrons. The van der Waals surface area contributed by atoms with Crippen LogP contribution >= 0.6 is 11.3 Å². The zero-order valence-corrected chi connectivity index (χ0v) is 14.1. The van der Waals surface area contributed by atoms with E-state index in [1.807, 2.05) is 29.0 Å². The van der Waals surface area contributed by atoms with Crippen LogP contribution in [0, 0.1) is 5.92 Å². The zero-order valence-electron chi connectivity index (χ0n) is 13.3. The van der Waals surface area contributed by atoms with Crippen molar-refractivity contribution in [2.75, 3.05) is 7.05 Å². The first kappa shape index (κ1) is 16.4. The molecule has 0 bridgehead atoms. The maximum Gasteiger partial charge on any atom is 0.253 e. The van der Waals surface area contributed by atoms with Crippen molar-refractivity contribution in [1.82, 2.24) is 10.2 Å². The van der Waals surface area contributed by atoms with Crippen molar-refractivity contribution in [3.05, 3.63) is 57.8 Å². The molecular formula is C18H18N2O3S. The molecule has 0 aliphatic carbocycles. The van der Waals surface area contributed by atoms with Crippen LogP contribution in [0.2, 0.25) is 0 Å². The monoisotopic (exact) mass is 342 g/mol. The first-order chi connectivity index (χ1) is 11.5. The molecule has 0 saturated carbocycles. The second kappa shape index (κ2) is 6.97. The van der Waals surface area contributed by atoms with Gasteiger partial charge in [-0.3, -0.25) is 19.7 Å². The Morgan fingerprint density at radius 3 is 2.54 bits per heavy atom. The Morgan fingerprint density at radius 1 is 1.21 bits per heavy atom. The predicted octanol–water partition coefficient (Wildman–Crippen LogP) is 2.23. The van der Waals surface area contributed by atoms with Crippen LogP contribution in [0.4, 0.5) is 0 Å². The summed E-state index contributed by atoms with van der Waals surface area (Å²) in [6.45, 7) is 0.578. The van der Waals surface area contributed by atoms with Crippen molar-refractivity contribution in [3.63, 3.8) is 0 Å². The van der Waals surface area contributed by atoms with Gasteiger partial charge in [-0.2, -0.15) is 11.3 Å². The standard InChI is InChI=1S/C18H18N2O3S/c1-20(10-13-6-7-24-11-13)18(23)14-4-2-12(3-5-14)8-15-9-16(21)19-17(15)22/h2-7,11,15H,8-10H2,1H3,(H,19,21,22)/t15-/m0/s1. The third-order valence-electron chi connectivity index (χ3n) is 4.09. The van der Waals surface area contributed by atoms with Gasteiger partial charge in [0.15, 0.2) is 0 Å². The molecule has 1 fully saturated rings. The van der Waals surface area contributed by atoms with E-state index in [4.69, 9.17) is 0 Å². The lowest BCUT2D eigenvalue weighted by atomic mass is 9.97. The van der Waals surface area contributed by atoms with E-state index in [9.17, 15) is 14.4 Å². The number of carbonyl (C=O) groups is 3. The van der Waals surface area contributed by atoms with Gasteiger partial charge < -0.3 is 4.90 Å². The number of imide groups is 1. The Hall–Kier alpha value is -2.47. The van der Waals surface area contributed by atoms with Crippen molar-refractivity contribution in [2.24, 2.45) is 5.92 Å². The van der Waals surface area contributed by atoms with Gasteiger partial charge in [0.25, 0.3) is 5.91 Å². The molecule has 1 aromatic heterocycles. The van der Waals surface area contributed by atoms with Gasteiger partial charge in [-0.1, -0.05) is 12.1 Å². The number of carbonyl (C=O) groups excluding carboxylic acids is 3. The lowest BCUT2D eigenvalue weighted by Crippen LogP contribution is -2.26. The number of hydrogen-bond donors (Lipinski definition) is 1. The molecule has 6 heteroatoms. The highest BCUT2D eigenvalue weighted by Crippen LogP contribution is 2.18. The fourth-order valence-electron chi connectivity index (χ4n) is 2.79. The molecule has 0 unspecified atom stereocenters. The topological polar surface area (TPSA) is 66.5 Å². The maximum atomic E-state index is 12.4. The molecule has 1 N–H and O–H groups in total. The van der Waals surface area contributed by atoms with Gasteiger partial charge >= 0.3 is 0 Å². The average molecular weight is 342 g/mol. The maximum absolute atomic E-state index is 12.4. The number of rotatable bonds is 5. The minimum Gasteiger partial charge on any atom is -0.337 e. The SMILES string of the molecule is CN(Cc1ccsc1)C(=O)c1ccc(C[C@H]2CC(=O)NC2=O)cc1. The number of thiophene rings is 1. The van der Waals surface area contributed by atoms with E-state index in [0.717, 1.165) is 11.1 Å². The molecule has 1 aliphatic rings. The Morgan fingerprint density at radius 2 is 1.96 bits per heavy atom. The third kappa shape index (κ3) is 3.71. The minimum absolute atomic E-state index is 0.0402. The van der Waals surface area contributed by atoms with Crippen LogP contribution in [0.15, 0.2) is 41.1 Å². The number of benzene rings is 1. The van der Waals surface area contributed by atoms with Crippen LogP contribution in [-0.4, -0.2) is 29.7 Å². The lowest BCUT2D eigenvalue weighted by Gasteiger charge is -2.17. The van der Waals surface area contributed by atoms with Crippen LogP contribution in [0.3, 0.4) is 0 Å². The summed E-state index contributed by atoms with van der Waals surface area (Å²) in [5, 5.41) is 6.34. The van der Waals surface area contributed by atoms with Gasteiger partial charge in [0.1, 0.15) is 0 Å². The molecule has 1 aliphatic heterocycles. The lowest BCUT2D eigenvalue weighted by molar-refractivity contribution is -0.125. The van der Waals surface area contributed by atoms with Gasteiger partial charge in [0.05, 0.1) is 5.92 Å². The van der Waals surface area contributed by atoms with E-state index in [0.29, 0.717) is 18.5 Å². The van der Waals surface area contributed by atoms with Gasteiger partial charge in [0, 0.05) is 25.6 Å². The van der Waals surface area contributed by atoms with Crippen LogP contribution in [0.5, 0.6) is 0 Å². The molecule has 0 spiro atoms. The van der Waals surface area contributed by atoms with E-state index >= 15 is 0 Å². The zero-order chi connectivity index (χ0) is 17.1. The van der Waals surface area contributed by atoms with E-state index < -0.39 is 0 Å². The van der Waals surface area contributed by atoms with Crippen LogP contribution in [-0.2, 0) is 22.6 Å². The molecule has 3 amide bonds. The highest BCUT2D eigenvalue weighted by atomic mass is 32.1. The molecule has 24 heavy (non-hydrogen) atoms. The molecule has 0 radical (unpaired) electrons. The molecular weight excluding hydrogens is 324 g/mol. The predicted molar refractivity (Wildman–Crippen MR) is 91.5 cm³/mol. The Labute approximate surface area is 144 Å². The second-order valence-electron chi connectivity index (χ2n) is 6.01. The van der Waals surface area contributed by atoms with Crippen LogP contribution in [0.25, 0.3) is 0 Å². The van der Waals surface area contributed by atoms with Crippen LogP contribution < -0.4 is 5.32 Å². The van der Waals surface area contributed by atoms with E-state index in [1.165, 1.54) is 0 Å². The highest BCUT2D eigenvalue weighted by Gasteiger charge is 2.30. The number of hydrogen-bond acceptors (Lipinski definition) is 4. The van der Waals surface area contributed by atoms with Crippen LogP contribution in [0.1, 0.15) is 27.9 Å². The first-order valence-electron chi connectivity index (χ1n) is 7.72. The van der Waals surface area contributed by atoms with Crippen molar-refractivity contribution < 1.29 is 14.4 Å². The van der Waals surface area contributed by atoms with E-state index in [-0.39, 0.29) is 30.1 Å². The quantitative estimate of drug-likeness (QED) is 0.848. The molecule has 2 aromatic rings. The normalized spacial score (nSPS) is 17.0. The number of nitrogens with zero attached hydrogens (tertiary/aromatic N) is 1. The Kier molecular flexibility index (Phi) is 4.76. The van der Waals surface area contributed by atoms with E-state index in [1.54, 1.807) is 35.4 Å². The molecule has 1 saturated heterocycles. The fourth-order valence-corrected chi connectivity index (χ4v) is 3.45. The van der Waals surface area contributed by atoms with Gasteiger partial charge in [-0.15, -0.1) is 0 Å². The largest absolute Gasteiger partial charge is 0.337 e. The molecule has 3 rings (SSSR count). The Balaban J connectivity index is 1.62. The summed E-state index contributed by atoms with van der Waals surface area (Å²) in [6.07, 6.45) is 0.750. The highest BCUT2D eigenvalue weighted by molar-refractivity contribution is 7.07. The summed E-state index contributed by atoms with van der Waals surface area (Å²) in [5.74, 6) is -0.774. The number of amides is 3. The summed E-state index contributed by atoms with van der Waals surface area (Å²) in [4.78, 5) is 37.0. The van der Waals surface area contributed by atoms with Gasteiger partial charge in [0.2, 0.25) is 11.8 Å². The summed E-state index contributed by atoms with van der Waals surface area (Å²) >= 11 is 1.61. The molecule has 1 aromatic carbocycles. The summed E-state index contributed by atoms with van der Waals surface area (Å²) in [6, 6.07) is 9.25. The van der Waals surface area contributed by atoms with Crippen molar-refractivity contribution in [3.8, 4) is 0 Å². The van der Waals surface area contributed by atoms with E-state index in [2.05, 4.69) is 5.32 Å². The summed E-state index contributed by atoms with van der Waals surface area (Å²) in [5.41, 5.74) is 2.68. The van der Waals surface area contributed by atoms with Gasteiger partial charge in [-0.25, -0.2) is 0 Å². The molecule has 2 heterocycles. The average Bonchev–Trinajstić information content (AvgIpc) is 3.17. The second-order valence-corrected chi connectivity index (χ2v) is 6.79. The summed E-state index contributed by atoms with van der Waals surface area (Å²) < 4.78 is 0. The van der Waals surface area contributed by atoms with Crippen molar-refractivity contribution in [1.29, 1.82) is 0 Å². The fraction of sp³-hybridized carbons (Fsp3) is 0.278. The first-order valence-corrected chi connectivity index (χ1v) is 8.66. The summed E-state index contributed by atoms with van der Waals surface area (Å²) in [7, 11) is 1.78. The van der Waals surface area contributed by atoms with Crippen molar-refractivity contribution >= 4 is 29.1 Å². The van der Waals surface area contributed by atoms with Crippen molar-refractivity contribution in [2.45, 2.75) is 19.4 Å². The minimum atomic E-state index is -0.305. The third-order valence-corrected chi connectivity index (χ3v) is 4.83. The van der Waals surface area contributed by atoms with Gasteiger partial charge in [-0.05, 0) is 46.5 Å². The Bertz CT molecular complexity index is 753. The molecule has 5 nitrogen and oxygen atoms in total.